The van der Waals surface area contributed by atoms with E-state index in [9.17, 15) is 8.42 Å². The molecule has 1 aromatic heterocycles. The van der Waals surface area contributed by atoms with E-state index in [0.717, 1.165) is 14.2 Å². The van der Waals surface area contributed by atoms with E-state index in [2.05, 4.69) is 15.9 Å². The Bertz CT molecular complexity index is 491. The minimum atomic E-state index is -3.20. The van der Waals surface area contributed by atoms with Gasteiger partial charge >= 0.3 is 0 Å². The van der Waals surface area contributed by atoms with Crippen molar-refractivity contribution in [1.82, 2.24) is 0 Å². The van der Waals surface area contributed by atoms with Crippen LogP contribution in [-0.2, 0) is 9.84 Å². The predicted octanol–water partition coefficient (Wildman–Crippen LogP) is 3.92. The summed E-state index contributed by atoms with van der Waals surface area (Å²) in [6.07, 6.45) is 1.22. The SMILES string of the molecule is Cc1sc(Br)cc1C(Cl)C(C)(C)S(C)(=O)=O. The largest absolute Gasteiger partial charge is 0.229 e. The Hall–Kier alpha value is 0.420. The number of alkyl halides is 1. The van der Waals surface area contributed by atoms with Gasteiger partial charge in [0.25, 0.3) is 0 Å². The van der Waals surface area contributed by atoms with Crippen molar-refractivity contribution in [1.29, 1.82) is 0 Å². The second-order valence-corrected chi connectivity index (χ2v) is 9.97. The Morgan fingerprint density at radius 1 is 1.50 bits per heavy atom. The molecule has 1 heterocycles. The van der Waals surface area contributed by atoms with Gasteiger partial charge in [0.2, 0.25) is 0 Å². The van der Waals surface area contributed by atoms with E-state index in [1.807, 2.05) is 13.0 Å². The van der Waals surface area contributed by atoms with E-state index in [0.29, 0.717) is 0 Å². The standard InChI is InChI=1S/C10H14BrClO2S2/c1-6-7(5-8(11)15-6)9(12)10(2,3)16(4,13)14/h5,9H,1-4H3. The smallest absolute Gasteiger partial charge is 0.154 e. The zero-order valence-corrected chi connectivity index (χ0v) is 13.5. The first kappa shape index (κ1) is 14.5. The number of aryl methyl sites for hydroxylation is 1. The molecule has 6 heteroatoms. The molecule has 0 fully saturated rings. The van der Waals surface area contributed by atoms with Crippen molar-refractivity contribution in [2.24, 2.45) is 0 Å². The summed E-state index contributed by atoms with van der Waals surface area (Å²) in [6, 6.07) is 1.89. The normalized spacial score (nSPS) is 15.1. The predicted molar refractivity (Wildman–Crippen MR) is 74.3 cm³/mol. The molecule has 0 aliphatic rings. The van der Waals surface area contributed by atoms with E-state index in [1.54, 1.807) is 25.2 Å². The third-order valence-electron chi connectivity index (χ3n) is 2.77. The molecule has 92 valence electrons. The van der Waals surface area contributed by atoms with E-state index in [1.165, 1.54) is 6.26 Å². The first-order valence-corrected chi connectivity index (χ1v) is 8.60. The van der Waals surface area contributed by atoms with Gasteiger partial charge in [0.1, 0.15) is 0 Å². The number of hydrogen-bond acceptors (Lipinski definition) is 3. The van der Waals surface area contributed by atoms with Crippen LogP contribution < -0.4 is 0 Å². The second kappa shape index (κ2) is 4.59. The highest BCUT2D eigenvalue weighted by Crippen LogP contribution is 2.42. The van der Waals surface area contributed by atoms with Gasteiger partial charge in [-0.2, -0.15) is 0 Å². The molecule has 0 aliphatic heterocycles. The molecule has 1 unspecified atom stereocenters. The molecule has 0 spiro atoms. The number of halogens is 2. The number of rotatable bonds is 3. The molecule has 0 aliphatic carbocycles. The molecule has 0 bridgehead atoms. The summed E-state index contributed by atoms with van der Waals surface area (Å²) in [6.45, 7) is 5.26. The molecule has 1 rings (SSSR count). The van der Waals surface area contributed by atoms with Crippen molar-refractivity contribution in [2.45, 2.75) is 30.9 Å². The summed E-state index contributed by atoms with van der Waals surface area (Å²) in [5.41, 5.74) is 0.883. The van der Waals surface area contributed by atoms with Gasteiger partial charge in [-0.25, -0.2) is 8.42 Å². The monoisotopic (exact) mass is 344 g/mol. The second-order valence-electron chi connectivity index (χ2n) is 4.30. The van der Waals surface area contributed by atoms with E-state index < -0.39 is 20.0 Å². The maximum Gasteiger partial charge on any atom is 0.154 e. The maximum absolute atomic E-state index is 11.7. The van der Waals surface area contributed by atoms with Crippen LogP contribution in [0.3, 0.4) is 0 Å². The minimum Gasteiger partial charge on any atom is -0.229 e. The summed E-state index contributed by atoms with van der Waals surface area (Å²) >= 11 is 11.2. The van der Waals surface area contributed by atoms with Crippen LogP contribution in [0.2, 0.25) is 0 Å². The van der Waals surface area contributed by atoms with Crippen molar-refractivity contribution in [3.63, 3.8) is 0 Å². The first-order valence-electron chi connectivity index (χ1n) is 4.67. The van der Waals surface area contributed by atoms with Gasteiger partial charge in [-0.15, -0.1) is 22.9 Å². The molecule has 0 saturated heterocycles. The highest BCUT2D eigenvalue weighted by Gasteiger charge is 2.39. The summed E-state index contributed by atoms with van der Waals surface area (Å²) < 4.78 is 23.4. The van der Waals surface area contributed by atoms with Gasteiger partial charge < -0.3 is 0 Å². The molecule has 0 amide bonds. The highest BCUT2D eigenvalue weighted by molar-refractivity contribution is 9.11. The Morgan fingerprint density at radius 3 is 2.31 bits per heavy atom. The van der Waals surface area contributed by atoms with Gasteiger partial charge in [-0.05, 0) is 48.3 Å². The highest BCUT2D eigenvalue weighted by atomic mass is 79.9. The van der Waals surface area contributed by atoms with Crippen LogP contribution in [0, 0.1) is 6.92 Å². The summed E-state index contributed by atoms with van der Waals surface area (Å²) in [5.74, 6) is 0. The quantitative estimate of drug-likeness (QED) is 0.778. The lowest BCUT2D eigenvalue weighted by molar-refractivity contribution is 0.543. The van der Waals surface area contributed by atoms with Crippen molar-refractivity contribution in [3.05, 3.63) is 20.3 Å². The van der Waals surface area contributed by atoms with Gasteiger partial charge in [-0.3, -0.25) is 0 Å². The van der Waals surface area contributed by atoms with Gasteiger partial charge in [-0.1, -0.05) is 0 Å². The molecule has 0 N–H and O–H groups in total. The lowest BCUT2D eigenvalue weighted by atomic mass is 10.0. The molecule has 0 saturated carbocycles. The Morgan fingerprint density at radius 2 is 2.00 bits per heavy atom. The molecule has 1 atom stereocenters. The van der Waals surface area contributed by atoms with Crippen LogP contribution in [0.15, 0.2) is 9.85 Å². The van der Waals surface area contributed by atoms with E-state index in [-0.39, 0.29) is 0 Å². The van der Waals surface area contributed by atoms with Crippen molar-refractivity contribution in [2.75, 3.05) is 6.26 Å². The molecule has 0 aromatic carbocycles. The fourth-order valence-corrected chi connectivity index (χ4v) is 4.30. The summed E-state index contributed by atoms with van der Waals surface area (Å²) in [7, 11) is -3.20. The average Bonchev–Trinajstić information content (AvgIpc) is 2.41. The van der Waals surface area contributed by atoms with Gasteiger partial charge in [0.15, 0.2) is 9.84 Å². The molecule has 16 heavy (non-hydrogen) atoms. The lowest BCUT2D eigenvalue weighted by Gasteiger charge is -2.28. The Kier molecular flexibility index (Phi) is 4.16. The lowest BCUT2D eigenvalue weighted by Crippen LogP contribution is -2.35. The third kappa shape index (κ3) is 2.63. The zero-order valence-electron chi connectivity index (χ0n) is 9.54. The van der Waals surface area contributed by atoms with Crippen LogP contribution in [0.1, 0.15) is 29.7 Å². The summed E-state index contributed by atoms with van der Waals surface area (Å²) in [4.78, 5) is 1.05. The van der Waals surface area contributed by atoms with Crippen molar-refractivity contribution in [3.8, 4) is 0 Å². The molecule has 0 radical (unpaired) electrons. The van der Waals surface area contributed by atoms with Crippen LogP contribution in [0.4, 0.5) is 0 Å². The van der Waals surface area contributed by atoms with Crippen LogP contribution in [-0.4, -0.2) is 19.4 Å². The first-order chi connectivity index (χ1) is 7.07. The minimum absolute atomic E-state index is 0.537. The van der Waals surface area contributed by atoms with Crippen LogP contribution >= 0.6 is 38.9 Å². The van der Waals surface area contributed by atoms with Crippen molar-refractivity contribution < 1.29 is 8.42 Å². The zero-order chi connectivity index (χ0) is 12.7. The molecule has 1 aromatic rings. The number of sulfone groups is 1. The van der Waals surface area contributed by atoms with Crippen molar-refractivity contribution >= 4 is 48.7 Å². The van der Waals surface area contributed by atoms with E-state index >= 15 is 0 Å². The van der Waals surface area contributed by atoms with Crippen LogP contribution in [0.5, 0.6) is 0 Å². The summed E-state index contributed by atoms with van der Waals surface area (Å²) in [5, 5.41) is -0.537. The molecule has 2 nitrogen and oxygen atoms in total. The topological polar surface area (TPSA) is 34.1 Å². The average molecular weight is 346 g/mol. The Labute approximate surface area is 114 Å². The fourth-order valence-electron chi connectivity index (χ4n) is 1.27. The van der Waals surface area contributed by atoms with Gasteiger partial charge in [0.05, 0.1) is 13.9 Å². The Balaban J connectivity index is 3.22. The fraction of sp³-hybridized carbons (Fsp3) is 0.600. The number of hydrogen-bond donors (Lipinski definition) is 0. The third-order valence-corrected chi connectivity index (χ3v) is 7.39. The molecular formula is C10H14BrClO2S2. The number of thiophene rings is 1. The van der Waals surface area contributed by atoms with Crippen LogP contribution in [0.25, 0.3) is 0 Å². The van der Waals surface area contributed by atoms with E-state index in [4.69, 9.17) is 11.6 Å². The molecular weight excluding hydrogens is 332 g/mol. The van der Waals surface area contributed by atoms with Gasteiger partial charge in [0, 0.05) is 11.1 Å². The maximum atomic E-state index is 11.7.